The zero-order valence-corrected chi connectivity index (χ0v) is 11.9. The van der Waals surface area contributed by atoms with Crippen molar-refractivity contribution in [3.05, 3.63) is 45.7 Å². The number of nitrogens with one attached hydrogen (secondary N) is 1. The van der Waals surface area contributed by atoms with Crippen LogP contribution in [0.25, 0.3) is 5.69 Å². The molecule has 0 saturated carbocycles. The van der Waals surface area contributed by atoms with Crippen molar-refractivity contribution in [1.29, 1.82) is 0 Å². The predicted octanol–water partition coefficient (Wildman–Crippen LogP) is 2.97. The van der Waals surface area contributed by atoms with Gasteiger partial charge in [-0.15, -0.1) is 0 Å². The first-order valence-corrected chi connectivity index (χ1v) is 6.37. The van der Waals surface area contributed by atoms with Crippen molar-refractivity contribution in [2.24, 2.45) is 0 Å². The summed E-state index contributed by atoms with van der Waals surface area (Å²) in [6.07, 6.45) is 2.00. The van der Waals surface area contributed by atoms with Crippen LogP contribution in [0.15, 0.2) is 28.9 Å². The summed E-state index contributed by atoms with van der Waals surface area (Å²) >= 11 is 3.53. The van der Waals surface area contributed by atoms with E-state index in [9.17, 15) is 0 Å². The van der Waals surface area contributed by atoms with Crippen molar-refractivity contribution in [1.82, 2.24) is 15.1 Å². The average Bonchev–Trinajstić information content (AvgIpc) is 2.60. The molecule has 4 heteroatoms. The maximum atomic E-state index is 4.57. The minimum atomic E-state index is 0.762. The van der Waals surface area contributed by atoms with Gasteiger partial charge in [0.2, 0.25) is 0 Å². The SMILES string of the molecule is CNCc1nn(-c2ccc(C)cc2C)cc1Br. The Bertz CT molecular complexity index is 531. The van der Waals surface area contributed by atoms with E-state index in [1.54, 1.807) is 0 Å². The standard InChI is InChI=1S/C13H16BrN3/c1-9-4-5-13(10(2)6-9)17-8-11(14)12(16-17)7-15-3/h4-6,8,15H,7H2,1-3H3. The molecule has 2 rings (SSSR count). The Morgan fingerprint density at radius 3 is 2.76 bits per heavy atom. The van der Waals surface area contributed by atoms with Crippen molar-refractivity contribution in [2.75, 3.05) is 7.05 Å². The number of nitrogens with zero attached hydrogens (tertiary/aromatic N) is 2. The molecule has 0 unspecified atom stereocenters. The molecule has 17 heavy (non-hydrogen) atoms. The van der Waals surface area contributed by atoms with Gasteiger partial charge >= 0.3 is 0 Å². The van der Waals surface area contributed by atoms with E-state index in [2.05, 4.69) is 58.4 Å². The second-order valence-electron chi connectivity index (χ2n) is 4.19. The van der Waals surface area contributed by atoms with Crippen molar-refractivity contribution >= 4 is 15.9 Å². The molecule has 0 aliphatic rings. The van der Waals surface area contributed by atoms with E-state index in [1.165, 1.54) is 11.1 Å². The molecule has 0 aliphatic carbocycles. The van der Waals surface area contributed by atoms with Crippen LogP contribution in [0.1, 0.15) is 16.8 Å². The van der Waals surface area contributed by atoms with Gasteiger partial charge in [-0.2, -0.15) is 5.10 Å². The molecule has 0 saturated heterocycles. The van der Waals surface area contributed by atoms with E-state index < -0.39 is 0 Å². The van der Waals surface area contributed by atoms with Crippen LogP contribution in [0.4, 0.5) is 0 Å². The Morgan fingerprint density at radius 1 is 1.35 bits per heavy atom. The predicted molar refractivity (Wildman–Crippen MR) is 73.5 cm³/mol. The van der Waals surface area contributed by atoms with Crippen LogP contribution in [0.2, 0.25) is 0 Å². The molecule has 0 bridgehead atoms. The Balaban J connectivity index is 2.42. The lowest BCUT2D eigenvalue weighted by atomic mass is 10.1. The van der Waals surface area contributed by atoms with Gasteiger partial charge in [-0.25, -0.2) is 4.68 Å². The molecule has 0 radical (unpaired) electrons. The summed E-state index contributed by atoms with van der Waals surface area (Å²) in [4.78, 5) is 0. The summed E-state index contributed by atoms with van der Waals surface area (Å²) in [6, 6.07) is 6.38. The molecule has 0 atom stereocenters. The molecule has 3 nitrogen and oxygen atoms in total. The van der Waals surface area contributed by atoms with Crippen LogP contribution < -0.4 is 5.32 Å². The zero-order valence-electron chi connectivity index (χ0n) is 10.3. The van der Waals surface area contributed by atoms with Crippen LogP contribution in [0, 0.1) is 13.8 Å². The Labute approximate surface area is 110 Å². The summed E-state index contributed by atoms with van der Waals surface area (Å²) in [7, 11) is 1.92. The number of benzene rings is 1. The minimum absolute atomic E-state index is 0.762. The highest BCUT2D eigenvalue weighted by Crippen LogP contribution is 2.20. The fraction of sp³-hybridized carbons (Fsp3) is 0.308. The number of hydrogen-bond donors (Lipinski definition) is 1. The highest BCUT2D eigenvalue weighted by atomic mass is 79.9. The first kappa shape index (κ1) is 12.3. The second kappa shape index (κ2) is 5.02. The largest absolute Gasteiger partial charge is 0.314 e. The normalized spacial score (nSPS) is 10.8. The van der Waals surface area contributed by atoms with E-state index in [-0.39, 0.29) is 0 Å². The summed E-state index contributed by atoms with van der Waals surface area (Å²) in [5.41, 5.74) is 4.65. The van der Waals surface area contributed by atoms with Crippen LogP contribution in [0.3, 0.4) is 0 Å². The molecule has 0 fully saturated rings. The third kappa shape index (κ3) is 2.58. The Morgan fingerprint density at radius 2 is 2.12 bits per heavy atom. The van der Waals surface area contributed by atoms with E-state index in [0.29, 0.717) is 0 Å². The van der Waals surface area contributed by atoms with E-state index in [0.717, 1.165) is 22.4 Å². The van der Waals surface area contributed by atoms with Crippen LogP contribution in [-0.2, 0) is 6.54 Å². The quantitative estimate of drug-likeness (QED) is 0.943. The van der Waals surface area contributed by atoms with Gasteiger partial charge in [-0.05, 0) is 48.5 Å². The first-order chi connectivity index (χ1) is 8.11. The van der Waals surface area contributed by atoms with E-state index >= 15 is 0 Å². The molecule has 1 aromatic carbocycles. The van der Waals surface area contributed by atoms with Crippen LogP contribution in [0.5, 0.6) is 0 Å². The van der Waals surface area contributed by atoms with Gasteiger partial charge in [-0.3, -0.25) is 0 Å². The Kier molecular flexibility index (Phi) is 3.64. The minimum Gasteiger partial charge on any atom is -0.314 e. The van der Waals surface area contributed by atoms with Crippen molar-refractivity contribution in [2.45, 2.75) is 20.4 Å². The van der Waals surface area contributed by atoms with Crippen molar-refractivity contribution < 1.29 is 0 Å². The number of halogens is 1. The second-order valence-corrected chi connectivity index (χ2v) is 5.04. The molecule has 2 aromatic rings. The summed E-state index contributed by atoms with van der Waals surface area (Å²) < 4.78 is 2.96. The molecule has 0 aliphatic heterocycles. The maximum Gasteiger partial charge on any atom is 0.0908 e. The molecule has 0 spiro atoms. The highest BCUT2D eigenvalue weighted by molar-refractivity contribution is 9.10. The fourth-order valence-electron chi connectivity index (χ4n) is 1.86. The van der Waals surface area contributed by atoms with Gasteiger partial charge in [0.05, 0.1) is 15.9 Å². The zero-order chi connectivity index (χ0) is 12.4. The van der Waals surface area contributed by atoms with Gasteiger partial charge < -0.3 is 5.32 Å². The molecule has 1 heterocycles. The van der Waals surface area contributed by atoms with Crippen molar-refractivity contribution in [3.63, 3.8) is 0 Å². The Hall–Kier alpha value is -1.13. The molecule has 1 aromatic heterocycles. The maximum absolute atomic E-state index is 4.57. The average molecular weight is 294 g/mol. The molecular formula is C13H16BrN3. The lowest BCUT2D eigenvalue weighted by molar-refractivity contribution is 0.754. The number of aryl methyl sites for hydroxylation is 2. The molecule has 90 valence electrons. The number of aromatic nitrogens is 2. The molecular weight excluding hydrogens is 278 g/mol. The van der Waals surface area contributed by atoms with Gasteiger partial charge in [0.15, 0.2) is 0 Å². The molecule has 0 amide bonds. The summed E-state index contributed by atoms with van der Waals surface area (Å²) in [5, 5.41) is 7.68. The number of hydrogen-bond acceptors (Lipinski definition) is 2. The number of rotatable bonds is 3. The van der Waals surface area contributed by atoms with Gasteiger partial charge in [0.1, 0.15) is 0 Å². The van der Waals surface area contributed by atoms with E-state index in [1.807, 2.05) is 17.9 Å². The highest BCUT2D eigenvalue weighted by Gasteiger charge is 2.08. The van der Waals surface area contributed by atoms with Gasteiger partial charge in [-0.1, -0.05) is 17.7 Å². The van der Waals surface area contributed by atoms with Gasteiger partial charge in [0, 0.05) is 12.7 Å². The third-order valence-corrected chi connectivity index (χ3v) is 3.35. The van der Waals surface area contributed by atoms with Crippen LogP contribution >= 0.6 is 15.9 Å². The molecule has 1 N–H and O–H groups in total. The van der Waals surface area contributed by atoms with Crippen LogP contribution in [-0.4, -0.2) is 16.8 Å². The van der Waals surface area contributed by atoms with Gasteiger partial charge in [0.25, 0.3) is 0 Å². The van der Waals surface area contributed by atoms with Crippen molar-refractivity contribution in [3.8, 4) is 5.69 Å². The third-order valence-electron chi connectivity index (χ3n) is 2.68. The fourth-order valence-corrected chi connectivity index (χ4v) is 2.28. The summed E-state index contributed by atoms with van der Waals surface area (Å²) in [6.45, 7) is 4.97. The van der Waals surface area contributed by atoms with E-state index in [4.69, 9.17) is 0 Å². The first-order valence-electron chi connectivity index (χ1n) is 5.58. The topological polar surface area (TPSA) is 29.9 Å². The lowest BCUT2D eigenvalue weighted by Crippen LogP contribution is -2.07. The monoisotopic (exact) mass is 293 g/mol. The summed E-state index contributed by atoms with van der Waals surface area (Å²) in [5.74, 6) is 0. The smallest absolute Gasteiger partial charge is 0.0908 e. The lowest BCUT2D eigenvalue weighted by Gasteiger charge is -2.06.